The number of benzene rings is 2. The van der Waals surface area contributed by atoms with Gasteiger partial charge in [-0.2, -0.15) is 0 Å². The summed E-state index contributed by atoms with van der Waals surface area (Å²) in [6.45, 7) is 0.997. The van der Waals surface area contributed by atoms with Crippen LogP contribution in [0.4, 0.5) is 0 Å². The van der Waals surface area contributed by atoms with Crippen LogP contribution in [0.1, 0.15) is 6.92 Å². The molecule has 0 unspecified atom stereocenters. The van der Waals surface area contributed by atoms with Gasteiger partial charge in [-0.1, -0.05) is 12.1 Å². The lowest BCUT2D eigenvalue weighted by atomic mass is 9.98. The fourth-order valence-electron chi connectivity index (χ4n) is 5.01. The highest BCUT2D eigenvalue weighted by Gasteiger charge is 2.47. The SMILES string of the molecule is COc1ccc(-c2coc3c(O[C@@H]4O[C@H](CO[C@@H]5O[C@H](C)[C@@H](O)[C@@H](O)[C@H]5O)[C@@H](O)[C@@H](O)[C@H]4O)c(OC)ccc3c2=O)cc1. The lowest BCUT2D eigenvalue weighted by Gasteiger charge is -2.42. The Bertz CT molecular complexity index is 1460. The maximum absolute atomic E-state index is 13.4. The lowest BCUT2D eigenvalue weighted by Crippen LogP contribution is -2.61. The second kappa shape index (κ2) is 12.7. The highest BCUT2D eigenvalue weighted by atomic mass is 16.7. The molecule has 2 aliphatic rings. The van der Waals surface area contributed by atoms with Gasteiger partial charge in [0.2, 0.25) is 17.5 Å². The van der Waals surface area contributed by atoms with Crippen molar-refractivity contribution in [2.24, 2.45) is 0 Å². The third-order valence-corrected chi connectivity index (χ3v) is 7.62. The molecule has 0 spiro atoms. The summed E-state index contributed by atoms with van der Waals surface area (Å²) in [5.74, 6) is 0.629. The zero-order valence-electron chi connectivity index (χ0n) is 23.5. The highest BCUT2D eigenvalue weighted by Crippen LogP contribution is 2.38. The number of aliphatic hydroxyl groups excluding tert-OH is 6. The minimum absolute atomic E-state index is 0.0221. The molecule has 1 aromatic heterocycles. The standard InChI is InChI=1S/C29H34O14/c1-12-19(30)22(33)24(35)28(41-12)40-11-18-21(32)23(34)25(36)29(42-18)43-27-17(38-3)9-8-15-20(31)16(10-39-26(15)27)13-4-6-14(37-2)7-5-13/h4-10,12,18-19,21-25,28-30,32-36H,11H2,1-3H3/t12-,18-,19-,21-,22-,23-,24-,25-,28-,29+/m1/s1. The van der Waals surface area contributed by atoms with Crippen LogP contribution in [-0.2, 0) is 14.2 Å². The minimum atomic E-state index is -1.76. The molecule has 3 heterocycles. The van der Waals surface area contributed by atoms with Gasteiger partial charge in [0.25, 0.3) is 0 Å². The molecule has 2 aromatic carbocycles. The van der Waals surface area contributed by atoms with E-state index in [-0.39, 0.29) is 33.5 Å². The molecule has 2 fully saturated rings. The van der Waals surface area contributed by atoms with Crippen LogP contribution in [0.2, 0.25) is 0 Å². The molecule has 2 aliphatic heterocycles. The summed E-state index contributed by atoms with van der Waals surface area (Å²) < 4.78 is 38.9. The molecule has 0 aliphatic carbocycles. The quantitative estimate of drug-likeness (QED) is 0.191. The van der Waals surface area contributed by atoms with Gasteiger partial charge in [-0.3, -0.25) is 4.79 Å². The maximum atomic E-state index is 13.4. The molecule has 234 valence electrons. The summed E-state index contributed by atoms with van der Waals surface area (Å²) in [5, 5.41) is 62.1. The molecule has 5 rings (SSSR count). The van der Waals surface area contributed by atoms with Crippen molar-refractivity contribution in [3.8, 4) is 28.4 Å². The average Bonchev–Trinajstić information content (AvgIpc) is 3.02. The van der Waals surface area contributed by atoms with E-state index >= 15 is 0 Å². The second-order valence-electron chi connectivity index (χ2n) is 10.3. The predicted octanol–water partition coefficient (Wildman–Crippen LogP) is -0.492. The maximum Gasteiger partial charge on any atom is 0.229 e. The van der Waals surface area contributed by atoms with Crippen LogP contribution in [0, 0.1) is 0 Å². The van der Waals surface area contributed by atoms with Crippen molar-refractivity contribution >= 4 is 11.0 Å². The van der Waals surface area contributed by atoms with Crippen molar-refractivity contribution in [3.63, 3.8) is 0 Å². The van der Waals surface area contributed by atoms with Crippen molar-refractivity contribution in [2.75, 3.05) is 20.8 Å². The molecule has 0 bridgehead atoms. The van der Waals surface area contributed by atoms with Gasteiger partial charge >= 0.3 is 0 Å². The third-order valence-electron chi connectivity index (χ3n) is 7.62. The van der Waals surface area contributed by atoms with Gasteiger partial charge in [-0.05, 0) is 36.8 Å². The zero-order valence-corrected chi connectivity index (χ0v) is 23.5. The number of hydrogen-bond donors (Lipinski definition) is 6. The first kappa shape index (κ1) is 31.1. The summed E-state index contributed by atoms with van der Waals surface area (Å²) in [7, 11) is 2.89. The second-order valence-corrected chi connectivity index (χ2v) is 10.3. The molecule has 10 atom stereocenters. The van der Waals surface area contributed by atoms with E-state index in [0.29, 0.717) is 11.3 Å². The lowest BCUT2D eigenvalue weighted by molar-refractivity contribution is -0.318. The van der Waals surface area contributed by atoms with E-state index in [1.807, 2.05) is 0 Å². The Kier molecular flexibility index (Phi) is 9.22. The number of aliphatic hydroxyl groups is 6. The first-order chi connectivity index (χ1) is 20.5. The van der Waals surface area contributed by atoms with Crippen molar-refractivity contribution in [3.05, 3.63) is 52.9 Å². The topological polar surface area (TPSA) is 207 Å². The Morgan fingerprint density at radius 2 is 1.44 bits per heavy atom. The minimum Gasteiger partial charge on any atom is -0.497 e. The van der Waals surface area contributed by atoms with E-state index < -0.39 is 68.0 Å². The number of ether oxygens (including phenoxy) is 6. The van der Waals surface area contributed by atoms with Crippen LogP contribution >= 0.6 is 0 Å². The van der Waals surface area contributed by atoms with E-state index in [1.54, 1.807) is 24.3 Å². The smallest absolute Gasteiger partial charge is 0.229 e. The molecule has 14 heteroatoms. The number of methoxy groups -OCH3 is 2. The molecule has 3 aromatic rings. The van der Waals surface area contributed by atoms with Crippen molar-refractivity contribution < 1.29 is 63.5 Å². The van der Waals surface area contributed by atoms with Crippen LogP contribution in [0.15, 0.2) is 51.9 Å². The molecule has 0 amide bonds. The number of rotatable bonds is 8. The van der Waals surface area contributed by atoms with Crippen LogP contribution in [-0.4, -0.2) is 113 Å². The van der Waals surface area contributed by atoms with E-state index in [1.165, 1.54) is 39.5 Å². The monoisotopic (exact) mass is 606 g/mol. The van der Waals surface area contributed by atoms with Crippen LogP contribution in [0.5, 0.6) is 17.2 Å². The Labute approximate surface area is 245 Å². The van der Waals surface area contributed by atoms with Gasteiger partial charge < -0.3 is 63.5 Å². The largest absolute Gasteiger partial charge is 0.497 e. The van der Waals surface area contributed by atoms with Crippen LogP contribution < -0.4 is 19.6 Å². The first-order valence-electron chi connectivity index (χ1n) is 13.5. The molecular formula is C29H34O14. The van der Waals surface area contributed by atoms with Gasteiger partial charge in [0.1, 0.15) is 54.7 Å². The third kappa shape index (κ3) is 5.93. The fraction of sp³-hybridized carbons (Fsp3) is 0.483. The predicted molar refractivity (Wildman–Crippen MR) is 147 cm³/mol. The Morgan fingerprint density at radius 1 is 0.767 bits per heavy atom. The Balaban J connectivity index is 1.40. The summed E-state index contributed by atoms with van der Waals surface area (Å²) in [5.41, 5.74) is 0.462. The molecular weight excluding hydrogens is 572 g/mol. The van der Waals surface area contributed by atoms with Crippen molar-refractivity contribution in [1.82, 2.24) is 0 Å². The first-order valence-corrected chi connectivity index (χ1v) is 13.5. The molecule has 0 saturated carbocycles. The molecule has 6 N–H and O–H groups in total. The number of fused-ring (bicyclic) bond motifs is 1. The summed E-state index contributed by atoms with van der Waals surface area (Å²) in [6.07, 6.45) is -13.6. The summed E-state index contributed by atoms with van der Waals surface area (Å²) in [4.78, 5) is 13.4. The van der Waals surface area contributed by atoms with Crippen LogP contribution in [0.25, 0.3) is 22.1 Å². The van der Waals surface area contributed by atoms with Crippen molar-refractivity contribution in [2.45, 2.75) is 68.3 Å². The van der Waals surface area contributed by atoms with E-state index in [9.17, 15) is 35.4 Å². The van der Waals surface area contributed by atoms with E-state index in [4.69, 9.17) is 32.8 Å². The Morgan fingerprint density at radius 3 is 2.12 bits per heavy atom. The van der Waals surface area contributed by atoms with Crippen LogP contribution in [0.3, 0.4) is 0 Å². The van der Waals surface area contributed by atoms with Gasteiger partial charge in [0, 0.05) is 0 Å². The van der Waals surface area contributed by atoms with Gasteiger partial charge in [-0.25, -0.2) is 0 Å². The molecule has 0 radical (unpaired) electrons. The summed E-state index contributed by atoms with van der Waals surface area (Å²) >= 11 is 0. The Hall–Kier alpha value is -3.31. The van der Waals surface area contributed by atoms with Gasteiger partial charge in [0.05, 0.1) is 37.9 Å². The molecule has 14 nitrogen and oxygen atoms in total. The fourth-order valence-corrected chi connectivity index (χ4v) is 5.01. The average molecular weight is 607 g/mol. The normalized spacial score (nSPS) is 32.9. The summed E-state index contributed by atoms with van der Waals surface area (Å²) in [6, 6.07) is 9.79. The zero-order chi connectivity index (χ0) is 31.0. The molecule has 2 saturated heterocycles. The van der Waals surface area contributed by atoms with Crippen molar-refractivity contribution in [1.29, 1.82) is 0 Å². The van der Waals surface area contributed by atoms with Gasteiger partial charge in [-0.15, -0.1) is 0 Å². The highest BCUT2D eigenvalue weighted by molar-refractivity contribution is 5.88. The molecule has 43 heavy (non-hydrogen) atoms. The van der Waals surface area contributed by atoms with E-state index in [0.717, 1.165) is 0 Å². The van der Waals surface area contributed by atoms with Gasteiger partial charge in [0.15, 0.2) is 17.6 Å². The number of hydrogen-bond acceptors (Lipinski definition) is 14. The van der Waals surface area contributed by atoms with E-state index in [2.05, 4.69) is 0 Å².